The molecule has 0 spiro atoms. The van der Waals surface area contributed by atoms with Gasteiger partial charge in [-0.05, 0) is 33.4 Å². The molecule has 1 heteroatoms. The molecule has 0 aliphatic carbocycles. The Hall–Kier alpha value is -2.39. The van der Waals surface area contributed by atoms with E-state index in [-0.39, 0.29) is 0 Å². The Bertz CT molecular complexity index is 873. The van der Waals surface area contributed by atoms with E-state index in [0.29, 0.717) is 3.92 Å². The third kappa shape index (κ3) is 3.73. The highest BCUT2D eigenvalue weighted by atomic mass is 127. The van der Waals surface area contributed by atoms with Gasteiger partial charge < -0.3 is 0 Å². The lowest BCUT2D eigenvalue weighted by atomic mass is 9.98. The Morgan fingerprint density at radius 1 is 0.385 bits per heavy atom. The normalized spacial score (nSPS) is 10.8. The zero-order chi connectivity index (χ0) is 17.8. The monoisotopic (exact) mass is 446 g/mol. The van der Waals surface area contributed by atoms with Gasteiger partial charge in [-0.2, -0.15) is 0 Å². The summed E-state index contributed by atoms with van der Waals surface area (Å²) in [7, 11) is 0. The van der Waals surface area contributed by atoms with Gasteiger partial charge in [-0.3, -0.25) is 0 Å². The van der Waals surface area contributed by atoms with Crippen molar-refractivity contribution in [3.8, 4) is 22.3 Å². The molecule has 126 valence electrons. The van der Waals surface area contributed by atoms with Crippen molar-refractivity contribution in [2.45, 2.75) is 3.92 Å². The van der Waals surface area contributed by atoms with Crippen LogP contribution in [-0.2, 0) is 0 Å². The molecule has 4 aromatic carbocycles. The van der Waals surface area contributed by atoms with Gasteiger partial charge in [0, 0.05) is 0 Å². The van der Waals surface area contributed by atoms with Gasteiger partial charge in [0.15, 0.2) is 0 Å². The van der Waals surface area contributed by atoms with Crippen molar-refractivity contribution in [1.82, 2.24) is 0 Å². The van der Waals surface area contributed by atoms with E-state index in [0.717, 1.165) is 0 Å². The van der Waals surface area contributed by atoms with Crippen molar-refractivity contribution in [2.75, 3.05) is 0 Å². The Morgan fingerprint density at radius 3 is 1.04 bits per heavy atom. The average molecular weight is 446 g/mol. The van der Waals surface area contributed by atoms with Crippen LogP contribution in [0.2, 0.25) is 0 Å². The smallest absolute Gasteiger partial charge is 0.0608 e. The van der Waals surface area contributed by atoms with Crippen LogP contribution in [0.25, 0.3) is 22.3 Å². The maximum atomic E-state index is 2.53. The summed E-state index contributed by atoms with van der Waals surface area (Å²) in [6, 6.07) is 38.9. The van der Waals surface area contributed by atoms with Gasteiger partial charge in [-0.1, -0.05) is 132 Å². The maximum absolute atomic E-state index is 2.53. The third-order valence-corrected chi connectivity index (χ3v) is 6.06. The molecule has 0 amide bonds. The second kappa shape index (κ2) is 7.88. The number of alkyl halides is 1. The van der Waals surface area contributed by atoms with Gasteiger partial charge in [0.05, 0.1) is 3.92 Å². The minimum Gasteiger partial charge on any atom is -0.0722 e. The summed E-state index contributed by atoms with van der Waals surface area (Å²) in [5, 5.41) is 0. The highest BCUT2D eigenvalue weighted by molar-refractivity contribution is 14.1. The fraction of sp³-hybridized carbons (Fsp3) is 0.0400. The summed E-state index contributed by atoms with van der Waals surface area (Å²) < 4.78 is 0.349. The molecule has 0 radical (unpaired) electrons. The van der Waals surface area contributed by atoms with E-state index in [2.05, 4.69) is 132 Å². The molecule has 0 saturated carbocycles. The molecule has 0 fully saturated rings. The predicted octanol–water partition coefficient (Wildman–Crippen LogP) is 7.55. The highest BCUT2D eigenvalue weighted by Gasteiger charge is 2.10. The first-order valence-corrected chi connectivity index (χ1v) is 10.0. The Balaban J connectivity index is 1.55. The van der Waals surface area contributed by atoms with Gasteiger partial charge in [0.25, 0.3) is 0 Å². The zero-order valence-corrected chi connectivity index (χ0v) is 16.5. The molecule has 0 bridgehead atoms. The Kier molecular flexibility index (Phi) is 5.16. The molecule has 0 saturated heterocycles. The fourth-order valence-electron chi connectivity index (χ4n) is 3.14. The van der Waals surface area contributed by atoms with E-state index in [9.17, 15) is 0 Å². The van der Waals surface area contributed by atoms with E-state index < -0.39 is 0 Å². The molecule has 0 aliphatic rings. The summed E-state index contributed by atoms with van der Waals surface area (Å²) in [5.74, 6) is 0. The van der Waals surface area contributed by atoms with Gasteiger partial charge in [0.1, 0.15) is 0 Å². The van der Waals surface area contributed by atoms with Crippen LogP contribution in [0.5, 0.6) is 0 Å². The van der Waals surface area contributed by atoms with Crippen LogP contribution in [0, 0.1) is 0 Å². The van der Waals surface area contributed by atoms with Crippen LogP contribution in [-0.4, -0.2) is 0 Å². The lowest BCUT2D eigenvalue weighted by molar-refractivity contribution is 1.20. The Morgan fingerprint density at radius 2 is 0.692 bits per heavy atom. The van der Waals surface area contributed by atoms with Crippen LogP contribution in [0.3, 0.4) is 0 Å². The van der Waals surface area contributed by atoms with Crippen LogP contribution in [0.4, 0.5) is 0 Å². The molecule has 0 unspecified atom stereocenters. The number of benzene rings is 4. The summed E-state index contributed by atoms with van der Waals surface area (Å²) in [4.78, 5) is 0. The molecule has 4 rings (SSSR count). The van der Waals surface area contributed by atoms with Crippen molar-refractivity contribution in [1.29, 1.82) is 0 Å². The van der Waals surface area contributed by atoms with Crippen LogP contribution in [0.1, 0.15) is 15.1 Å². The molecule has 0 N–H and O–H groups in total. The minimum atomic E-state index is 0.349. The Labute approximate surface area is 168 Å². The largest absolute Gasteiger partial charge is 0.0722 e. The van der Waals surface area contributed by atoms with Crippen molar-refractivity contribution in [2.24, 2.45) is 0 Å². The number of rotatable bonds is 4. The highest BCUT2D eigenvalue weighted by Crippen LogP contribution is 2.33. The number of hydrogen-bond donors (Lipinski definition) is 0. The summed E-state index contributed by atoms with van der Waals surface area (Å²) in [6.45, 7) is 0. The zero-order valence-electron chi connectivity index (χ0n) is 14.3. The second-order valence-corrected chi connectivity index (χ2v) is 7.58. The van der Waals surface area contributed by atoms with E-state index in [4.69, 9.17) is 0 Å². The summed E-state index contributed by atoms with van der Waals surface area (Å²) in [6.07, 6.45) is 0. The van der Waals surface area contributed by atoms with Crippen molar-refractivity contribution >= 4 is 22.6 Å². The fourth-order valence-corrected chi connectivity index (χ4v) is 3.97. The quantitative estimate of drug-likeness (QED) is 0.224. The third-order valence-electron chi connectivity index (χ3n) is 4.62. The van der Waals surface area contributed by atoms with Gasteiger partial charge in [-0.25, -0.2) is 0 Å². The number of halogens is 1. The molecule has 4 aromatic rings. The van der Waals surface area contributed by atoms with E-state index >= 15 is 0 Å². The lowest BCUT2D eigenvalue weighted by Gasteiger charge is -2.13. The molecule has 26 heavy (non-hydrogen) atoms. The summed E-state index contributed by atoms with van der Waals surface area (Å²) in [5.41, 5.74) is 7.71. The van der Waals surface area contributed by atoms with Crippen molar-refractivity contribution in [3.05, 3.63) is 120 Å². The first-order valence-electron chi connectivity index (χ1n) is 8.76. The van der Waals surface area contributed by atoms with Crippen molar-refractivity contribution < 1.29 is 0 Å². The molecular formula is C25H19I. The SMILES string of the molecule is IC(c1ccc(-c2ccccc2)cc1)c1ccc(-c2ccccc2)cc1. The van der Waals surface area contributed by atoms with Crippen LogP contribution in [0.15, 0.2) is 109 Å². The molecule has 0 aromatic heterocycles. The standard InChI is InChI=1S/C25H19I/c26-25(23-15-11-21(12-16-23)19-7-3-1-4-8-19)24-17-13-22(14-18-24)20-9-5-2-6-10-20/h1-18,25H. The van der Waals surface area contributed by atoms with Crippen LogP contribution < -0.4 is 0 Å². The first kappa shape index (κ1) is 17.0. The minimum absolute atomic E-state index is 0.349. The van der Waals surface area contributed by atoms with Crippen LogP contribution >= 0.6 is 22.6 Å². The molecule has 0 atom stereocenters. The predicted molar refractivity (Wildman–Crippen MR) is 120 cm³/mol. The molecule has 0 aliphatic heterocycles. The second-order valence-electron chi connectivity index (χ2n) is 6.34. The lowest BCUT2D eigenvalue weighted by Crippen LogP contribution is -1.92. The van der Waals surface area contributed by atoms with Gasteiger partial charge in [-0.15, -0.1) is 0 Å². The van der Waals surface area contributed by atoms with Gasteiger partial charge >= 0.3 is 0 Å². The van der Waals surface area contributed by atoms with E-state index in [1.54, 1.807) is 0 Å². The van der Waals surface area contributed by atoms with E-state index in [1.165, 1.54) is 33.4 Å². The van der Waals surface area contributed by atoms with E-state index in [1.807, 2.05) is 0 Å². The van der Waals surface area contributed by atoms with Gasteiger partial charge in [0.2, 0.25) is 0 Å². The average Bonchev–Trinajstić information content (AvgIpc) is 2.75. The molecular weight excluding hydrogens is 427 g/mol. The van der Waals surface area contributed by atoms with Crippen molar-refractivity contribution in [3.63, 3.8) is 0 Å². The molecule has 0 heterocycles. The molecule has 0 nitrogen and oxygen atoms in total. The first-order chi connectivity index (χ1) is 12.8. The topological polar surface area (TPSA) is 0 Å². The number of hydrogen-bond acceptors (Lipinski definition) is 0. The maximum Gasteiger partial charge on any atom is 0.0608 e. The summed E-state index contributed by atoms with van der Waals surface area (Å²) >= 11 is 2.53.